The first kappa shape index (κ1) is 35.0. The lowest BCUT2D eigenvalue weighted by atomic mass is 10.1. The Morgan fingerprint density at radius 1 is 0.784 bits per heavy atom. The third kappa shape index (κ3) is 7.98. The number of hydrogen-bond acceptors (Lipinski definition) is 11. The molecule has 5 aromatic rings. The number of carbonyl (C=O) groups is 3. The molecule has 3 heterocycles. The Balaban J connectivity index is 1.47. The van der Waals surface area contributed by atoms with Crippen LogP contribution in [0.25, 0.3) is 11.0 Å². The summed E-state index contributed by atoms with van der Waals surface area (Å²) < 4.78 is 26.0. The molecule has 0 saturated carbocycles. The maximum Gasteiger partial charge on any atom is 0.338 e. The first-order valence-corrected chi connectivity index (χ1v) is 19.8. The lowest BCUT2D eigenvalue weighted by Crippen LogP contribution is -2.41. The van der Waals surface area contributed by atoms with Crippen LogP contribution in [0.2, 0.25) is 19.6 Å². The van der Waals surface area contributed by atoms with Crippen molar-refractivity contribution < 1.29 is 33.3 Å². The predicted molar refractivity (Wildman–Crippen MR) is 192 cm³/mol. The van der Waals surface area contributed by atoms with Crippen molar-refractivity contribution in [1.29, 1.82) is 0 Å². The second-order valence-electron chi connectivity index (χ2n) is 13.1. The summed E-state index contributed by atoms with van der Waals surface area (Å²) >= 11 is 0. The van der Waals surface area contributed by atoms with Crippen molar-refractivity contribution in [1.82, 2.24) is 19.7 Å². The molecule has 4 atom stereocenters. The molecule has 51 heavy (non-hydrogen) atoms. The van der Waals surface area contributed by atoms with E-state index in [1.807, 2.05) is 19.0 Å². The summed E-state index contributed by atoms with van der Waals surface area (Å²) in [6, 6.07) is 25.3. The number of anilines is 1. The van der Waals surface area contributed by atoms with Crippen LogP contribution < -0.4 is 4.90 Å². The molecule has 12 nitrogen and oxygen atoms in total. The second-order valence-corrected chi connectivity index (χ2v) is 17.8. The van der Waals surface area contributed by atoms with Crippen molar-refractivity contribution in [3.63, 3.8) is 0 Å². The largest absolute Gasteiger partial charge is 0.459 e. The minimum atomic E-state index is -1.86. The van der Waals surface area contributed by atoms with Crippen LogP contribution >= 0.6 is 0 Å². The van der Waals surface area contributed by atoms with E-state index in [0.29, 0.717) is 28.1 Å². The summed E-state index contributed by atoms with van der Waals surface area (Å²) in [7, 11) is 1.84. The molecular formula is C38H37N5O7Si. The van der Waals surface area contributed by atoms with Gasteiger partial charge in [-0.25, -0.2) is 29.0 Å². The van der Waals surface area contributed by atoms with E-state index in [1.165, 1.54) is 11.0 Å². The average Bonchev–Trinajstić information content (AvgIpc) is 3.67. The van der Waals surface area contributed by atoms with E-state index in [1.54, 1.807) is 91.0 Å². The minimum Gasteiger partial charge on any atom is -0.459 e. The number of carbonyl (C=O) groups excluding carboxylic acids is 3. The Hall–Kier alpha value is -5.84. The first-order chi connectivity index (χ1) is 24.5. The Kier molecular flexibility index (Phi) is 10.3. The van der Waals surface area contributed by atoms with Crippen LogP contribution in [0, 0.1) is 11.5 Å². The zero-order valence-corrected chi connectivity index (χ0v) is 29.8. The van der Waals surface area contributed by atoms with Crippen LogP contribution in [-0.4, -0.2) is 84.7 Å². The van der Waals surface area contributed by atoms with Gasteiger partial charge in [0.25, 0.3) is 0 Å². The first-order valence-electron chi connectivity index (χ1n) is 16.3. The van der Waals surface area contributed by atoms with Crippen molar-refractivity contribution >= 4 is 42.8 Å². The van der Waals surface area contributed by atoms with E-state index in [4.69, 9.17) is 24.0 Å². The van der Waals surface area contributed by atoms with Gasteiger partial charge in [0.05, 0.1) is 22.1 Å². The highest BCUT2D eigenvalue weighted by Crippen LogP contribution is 2.38. The van der Waals surface area contributed by atoms with E-state index in [-0.39, 0.29) is 17.7 Å². The van der Waals surface area contributed by atoms with Gasteiger partial charge in [-0.05, 0) is 36.4 Å². The predicted octanol–water partition coefficient (Wildman–Crippen LogP) is 5.33. The van der Waals surface area contributed by atoms with Gasteiger partial charge in [-0.15, -0.1) is 5.54 Å². The quantitative estimate of drug-likeness (QED) is 0.0854. The van der Waals surface area contributed by atoms with Crippen LogP contribution in [0.1, 0.15) is 43.0 Å². The fourth-order valence-electron chi connectivity index (χ4n) is 5.46. The lowest BCUT2D eigenvalue weighted by molar-refractivity contribution is -0.0654. The Morgan fingerprint density at radius 2 is 1.31 bits per heavy atom. The molecule has 2 aromatic heterocycles. The Bertz CT molecular complexity index is 2090. The van der Waals surface area contributed by atoms with Crippen LogP contribution in [0.15, 0.2) is 97.3 Å². The maximum atomic E-state index is 13.7. The summed E-state index contributed by atoms with van der Waals surface area (Å²) in [6.07, 6.45) is -3.40. The SMILES string of the molecule is CN(C)c1ncnc2c1c(C#C[Si](C)(C)C)nn2[C@@H]1O[C@H](COC(=O)c2ccccc2)[C@@H](OC(=O)c2ccccc2)[C@H]1OC(=O)c1ccccc1. The van der Waals surface area contributed by atoms with E-state index in [9.17, 15) is 14.4 Å². The van der Waals surface area contributed by atoms with Gasteiger partial charge in [-0.2, -0.15) is 5.10 Å². The molecule has 0 unspecified atom stereocenters. The summed E-state index contributed by atoms with van der Waals surface area (Å²) in [5, 5.41) is 5.44. The van der Waals surface area contributed by atoms with Gasteiger partial charge in [0, 0.05) is 14.1 Å². The molecule has 13 heteroatoms. The van der Waals surface area contributed by atoms with Crippen molar-refractivity contribution in [2.45, 2.75) is 44.2 Å². The topological polar surface area (TPSA) is 135 Å². The fraction of sp³-hybridized carbons (Fsp3) is 0.263. The minimum absolute atomic E-state index is 0.269. The standard InChI is InChI=1S/C38H37N5O7Si/c1-42(2)33-30-28(21-22-51(3,4)5)41-43(34(30)40-24-39-33)35-32(50-38(46)27-19-13-8-14-20-27)31(49-37(45)26-17-11-7-12-18-26)29(48-35)23-47-36(44)25-15-9-6-10-16-25/h6-20,24,29,31-32,35H,23H2,1-5H3/t29-,31-,32-,35-/m1/s1. The summed E-state index contributed by atoms with van der Waals surface area (Å²) in [4.78, 5) is 51.2. The molecule has 0 bridgehead atoms. The van der Waals surface area contributed by atoms with Gasteiger partial charge >= 0.3 is 17.9 Å². The smallest absolute Gasteiger partial charge is 0.338 e. The van der Waals surface area contributed by atoms with E-state index in [2.05, 4.69) is 41.1 Å². The number of esters is 3. The maximum absolute atomic E-state index is 13.7. The average molecular weight is 704 g/mol. The van der Waals surface area contributed by atoms with Crippen molar-refractivity contribution in [2.75, 3.05) is 25.6 Å². The van der Waals surface area contributed by atoms with Crippen LogP contribution in [0.4, 0.5) is 5.82 Å². The number of aromatic nitrogens is 4. The molecule has 1 fully saturated rings. The van der Waals surface area contributed by atoms with Gasteiger partial charge in [0.15, 0.2) is 24.1 Å². The van der Waals surface area contributed by atoms with Gasteiger partial charge in [0.1, 0.15) is 38.6 Å². The zero-order chi connectivity index (χ0) is 36.1. The third-order valence-corrected chi connectivity index (χ3v) is 8.74. The van der Waals surface area contributed by atoms with E-state index >= 15 is 0 Å². The number of nitrogens with zero attached hydrogens (tertiary/aromatic N) is 5. The molecule has 0 N–H and O–H groups in total. The number of benzene rings is 3. The Labute approximate surface area is 296 Å². The van der Waals surface area contributed by atoms with Gasteiger partial charge in [-0.3, -0.25) is 0 Å². The van der Waals surface area contributed by atoms with Gasteiger partial charge in [-0.1, -0.05) is 80.2 Å². The molecule has 0 spiro atoms. The summed E-state index contributed by atoms with van der Waals surface area (Å²) in [5.74, 6) is 1.83. The molecule has 0 amide bonds. The van der Waals surface area contributed by atoms with Gasteiger partial charge < -0.3 is 23.8 Å². The van der Waals surface area contributed by atoms with Crippen LogP contribution in [0.3, 0.4) is 0 Å². The van der Waals surface area contributed by atoms with Crippen LogP contribution in [-0.2, 0) is 18.9 Å². The number of rotatable bonds is 9. The number of hydrogen-bond donors (Lipinski definition) is 0. The molecule has 0 radical (unpaired) electrons. The second kappa shape index (κ2) is 15.0. The Morgan fingerprint density at radius 3 is 1.84 bits per heavy atom. The highest BCUT2D eigenvalue weighted by Gasteiger charge is 2.52. The normalized spacial score (nSPS) is 18.4. The molecule has 1 aliphatic rings. The lowest BCUT2D eigenvalue weighted by Gasteiger charge is -2.24. The highest BCUT2D eigenvalue weighted by atomic mass is 28.3. The zero-order valence-electron chi connectivity index (χ0n) is 28.8. The van der Waals surface area contributed by atoms with Crippen LogP contribution in [0.5, 0.6) is 0 Å². The fourth-order valence-corrected chi connectivity index (χ4v) is 5.96. The van der Waals surface area contributed by atoms with Crippen molar-refractivity contribution in [3.8, 4) is 11.5 Å². The molecule has 260 valence electrons. The molecule has 6 rings (SSSR count). The molecular weight excluding hydrogens is 667 g/mol. The van der Waals surface area contributed by atoms with Crippen molar-refractivity contribution in [3.05, 3.63) is 120 Å². The molecule has 0 aliphatic carbocycles. The molecule has 3 aromatic carbocycles. The molecule has 1 saturated heterocycles. The third-order valence-electron chi connectivity index (χ3n) is 7.87. The summed E-state index contributed by atoms with van der Waals surface area (Å²) in [5.41, 5.74) is 4.99. The highest BCUT2D eigenvalue weighted by molar-refractivity contribution is 6.83. The summed E-state index contributed by atoms with van der Waals surface area (Å²) in [6.45, 7) is 6.02. The van der Waals surface area contributed by atoms with Gasteiger partial charge in [0.2, 0.25) is 0 Å². The number of fused-ring (bicyclic) bond motifs is 1. The van der Waals surface area contributed by atoms with E-state index < -0.39 is 50.5 Å². The monoisotopic (exact) mass is 703 g/mol. The molecule has 1 aliphatic heterocycles. The van der Waals surface area contributed by atoms with E-state index in [0.717, 1.165) is 0 Å². The van der Waals surface area contributed by atoms with Crippen molar-refractivity contribution in [2.24, 2.45) is 0 Å². The number of ether oxygens (including phenoxy) is 4.